The molecular weight excluding hydrogens is 271 g/mol. The molecule has 0 saturated heterocycles. The number of methoxy groups -OCH3 is 1. The van der Waals surface area contributed by atoms with Gasteiger partial charge in [-0.15, -0.1) is 0 Å². The van der Waals surface area contributed by atoms with Crippen molar-refractivity contribution in [3.63, 3.8) is 0 Å². The molecule has 0 fully saturated rings. The predicted molar refractivity (Wildman–Crippen MR) is 68.0 cm³/mol. The van der Waals surface area contributed by atoms with Gasteiger partial charge in [-0.3, -0.25) is 4.79 Å². The van der Waals surface area contributed by atoms with Crippen molar-refractivity contribution in [2.75, 3.05) is 7.11 Å². The van der Waals surface area contributed by atoms with Gasteiger partial charge in [-0.05, 0) is 18.2 Å². The summed E-state index contributed by atoms with van der Waals surface area (Å²) >= 11 is 5.63. The highest BCUT2D eigenvalue weighted by molar-refractivity contribution is 6.30. The minimum Gasteiger partial charge on any atom is -0.481 e. The van der Waals surface area contributed by atoms with Crippen molar-refractivity contribution < 1.29 is 13.9 Å². The lowest BCUT2D eigenvalue weighted by atomic mass is 10.1. The third-order valence-corrected chi connectivity index (χ3v) is 2.72. The molecule has 0 spiro atoms. The first-order valence-electron chi connectivity index (χ1n) is 5.43. The molecule has 0 aliphatic rings. The number of hydrogen-bond donors (Lipinski definition) is 0. The van der Waals surface area contributed by atoms with E-state index in [0.717, 1.165) is 6.07 Å². The number of ketones is 1. The summed E-state index contributed by atoms with van der Waals surface area (Å²) in [7, 11) is 1.47. The third-order valence-electron chi connectivity index (χ3n) is 2.48. The maximum absolute atomic E-state index is 13.6. The largest absolute Gasteiger partial charge is 0.481 e. The lowest BCUT2D eigenvalue weighted by Crippen LogP contribution is -2.08. The van der Waals surface area contributed by atoms with Crippen molar-refractivity contribution in [3.8, 4) is 5.88 Å². The van der Waals surface area contributed by atoms with Crippen LogP contribution in [-0.4, -0.2) is 22.9 Å². The van der Waals surface area contributed by atoms with Crippen LogP contribution in [0.2, 0.25) is 5.02 Å². The van der Waals surface area contributed by atoms with Crippen molar-refractivity contribution in [3.05, 3.63) is 52.7 Å². The number of rotatable bonds is 4. The van der Waals surface area contributed by atoms with Gasteiger partial charge in [0.2, 0.25) is 5.88 Å². The molecule has 0 saturated carbocycles. The molecular formula is C13H10ClFN2O2. The first kappa shape index (κ1) is 13.4. The van der Waals surface area contributed by atoms with Crippen LogP contribution in [-0.2, 0) is 6.42 Å². The molecule has 2 rings (SSSR count). The van der Waals surface area contributed by atoms with Gasteiger partial charge in [0.15, 0.2) is 5.78 Å². The number of benzene rings is 1. The molecule has 1 heterocycles. The van der Waals surface area contributed by atoms with E-state index in [0.29, 0.717) is 11.6 Å². The van der Waals surface area contributed by atoms with Crippen molar-refractivity contribution in [1.29, 1.82) is 0 Å². The van der Waals surface area contributed by atoms with Crippen LogP contribution in [0.1, 0.15) is 16.1 Å². The Morgan fingerprint density at radius 3 is 2.84 bits per heavy atom. The summed E-state index contributed by atoms with van der Waals surface area (Å²) in [5.41, 5.74) is 0.452. The second kappa shape index (κ2) is 5.75. The molecule has 4 nitrogen and oxygen atoms in total. The average molecular weight is 281 g/mol. The quantitative estimate of drug-likeness (QED) is 0.808. The number of carbonyl (C=O) groups excluding carboxylic acids is 1. The maximum Gasteiger partial charge on any atom is 0.216 e. The van der Waals surface area contributed by atoms with E-state index in [2.05, 4.69) is 9.97 Å². The number of Topliss-reactive ketones (excluding diaryl/α,β-unsaturated/α-hetero) is 1. The van der Waals surface area contributed by atoms with Gasteiger partial charge in [0.25, 0.3) is 0 Å². The maximum atomic E-state index is 13.6. The molecule has 0 bridgehead atoms. The summed E-state index contributed by atoms with van der Waals surface area (Å²) in [6, 6.07) is 5.47. The fourth-order valence-corrected chi connectivity index (χ4v) is 1.72. The Balaban J connectivity index is 2.20. The first-order valence-corrected chi connectivity index (χ1v) is 5.81. The van der Waals surface area contributed by atoms with Crippen molar-refractivity contribution in [2.24, 2.45) is 0 Å². The average Bonchev–Trinajstić information content (AvgIpc) is 2.38. The van der Waals surface area contributed by atoms with E-state index in [1.54, 1.807) is 0 Å². The molecule has 1 aromatic carbocycles. The lowest BCUT2D eigenvalue weighted by molar-refractivity contribution is 0.0988. The van der Waals surface area contributed by atoms with Crippen LogP contribution in [0.5, 0.6) is 5.88 Å². The van der Waals surface area contributed by atoms with Gasteiger partial charge in [-0.1, -0.05) is 11.6 Å². The van der Waals surface area contributed by atoms with E-state index < -0.39 is 5.82 Å². The van der Waals surface area contributed by atoms with Gasteiger partial charge in [0.05, 0.1) is 24.8 Å². The molecule has 0 radical (unpaired) electrons. The second-order valence-corrected chi connectivity index (χ2v) is 4.21. The number of halogens is 2. The molecule has 2 aromatic rings. The standard InChI is InChI=1S/C13H10ClFN2O2/c1-19-13-6-9(16-7-17-13)5-12(18)10-3-2-8(14)4-11(10)15/h2-4,6-7H,5H2,1H3. The molecule has 0 aliphatic heterocycles. The minimum absolute atomic E-state index is 0.0121. The van der Waals surface area contributed by atoms with Gasteiger partial charge in [0, 0.05) is 11.1 Å². The SMILES string of the molecule is COc1cc(CC(=O)c2ccc(Cl)cc2F)ncn1. The highest BCUT2D eigenvalue weighted by atomic mass is 35.5. The number of carbonyl (C=O) groups is 1. The van der Waals surface area contributed by atoms with Crippen LogP contribution in [0.4, 0.5) is 4.39 Å². The minimum atomic E-state index is -0.640. The van der Waals surface area contributed by atoms with Gasteiger partial charge in [-0.25, -0.2) is 14.4 Å². The van der Waals surface area contributed by atoms with E-state index in [-0.39, 0.29) is 22.8 Å². The normalized spacial score (nSPS) is 10.3. The fraction of sp³-hybridized carbons (Fsp3) is 0.154. The predicted octanol–water partition coefficient (Wildman–Crippen LogP) is 2.70. The Morgan fingerprint density at radius 2 is 2.16 bits per heavy atom. The molecule has 0 aliphatic carbocycles. The van der Waals surface area contributed by atoms with Gasteiger partial charge in [0.1, 0.15) is 12.1 Å². The van der Waals surface area contributed by atoms with Crippen LogP contribution in [0.25, 0.3) is 0 Å². The molecule has 6 heteroatoms. The van der Waals surface area contributed by atoms with Crippen LogP contribution in [0.3, 0.4) is 0 Å². The van der Waals surface area contributed by atoms with E-state index >= 15 is 0 Å². The van der Waals surface area contributed by atoms with E-state index in [4.69, 9.17) is 16.3 Å². The third kappa shape index (κ3) is 3.26. The number of nitrogens with zero attached hydrogens (tertiary/aromatic N) is 2. The summed E-state index contributed by atoms with van der Waals surface area (Å²) in [4.78, 5) is 19.7. The summed E-state index contributed by atoms with van der Waals surface area (Å²) in [5.74, 6) is -0.664. The summed E-state index contributed by atoms with van der Waals surface area (Å²) in [5, 5.41) is 0.248. The van der Waals surface area contributed by atoms with E-state index in [9.17, 15) is 9.18 Å². The summed E-state index contributed by atoms with van der Waals surface area (Å²) < 4.78 is 18.5. The van der Waals surface area contributed by atoms with E-state index in [1.165, 1.54) is 31.6 Å². The van der Waals surface area contributed by atoms with Crippen LogP contribution >= 0.6 is 11.6 Å². The lowest BCUT2D eigenvalue weighted by Gasteiger charge is -2.04. The van der Waals surface area contributed by atoms with Crippen molar-refractivity contribution >= 4 is 17.4 Å². The highest BCUT2D eigenvalue weighted by Crippen LogP contribution is 2.17. The Kier molecular flexibility index (Phi) is 4.06. The Bertz CT molecular complexity index is 619. The molecule has 0 amide bonds. The van der Waals surface area contributed by atoms with Crippen LogP contribution < -0.4 is 4.74 Å². The summed E-state index contributed by atoms with van der Waals surface area (Å²) in [6.07, 6.45) is 1.26. The van der Waals surface area contributed by atoms with Crippen LogP contribution in [0, 0.1) is 5.82 Å². The topological polar surface area (TPSA) is 52.1 Å². The monoisotopic (exact) mass is 280 g/mol. The van der Waals surface area contributed by atoms with Gasteiger partial charge >= 0.3 is 0 Å². The van der Waals surface area contributed by atoms with Gasteiger partial charge in [-0.2, -0.15) is 0 Å². The number of hydrogen-bond acceptors (Lipinski definition) is 4. The second-order valence-electron chi connectivity index (χ2n) is 3.78. The molecule has 0 unspecified atom stereocenters. The van der Waals surface area contributed by atoms with Gasteiger partial charge < -0.3 is 4.74 Å². The van der Waals surface area contributed by atoms with Crippen molar-refractivity contribution in [2.45, 2.75) is 6.42 Å². The number of aromatic nitrogens is 2. The zero-order chi connectivity index (χ0) is 13.8. The molecule has 98 valence electrons. The Morgan fingerprint density at radius 1 is 1.37 bits per heavy atom. The Hall–Kier alpha value is -2.01. The highest BCUT2D eigenvalue weighted by Gasteiger charge is 2.14. The smallest absolute Gasteiger partial charge is 0.216 e. The number of ether oxygens (including phenoxy) is 1. The fourth-order valence-electron chi connectivity index (χ4n) is 1.56. The van der Waals surface area contributed by atoms with E-state index in [1.807, 2.05) is 0 Å². The zero-order valence-electron chi connectivity index (χ0n) is 10.1. The molecule has 0 N–H and O–H groups in total. The van der Waals surface area contributed by atoms with Crippen LogP contribution in [0.15, 0.2) is 30.6 Å². The molecule has 0 atom stereocenters. The molecule has 19 heavy (non-hydrogen) atoms. The van der Waals surface area contributed by atoms with Crippen molar-refractivity contribution in [1.82, 2.24) is 9.97 Å². The Labute approximate surface area is 114 Å². The molecule has 1 aromatic heterocycles. The zero-order valence-corrected chi connectivity index (χ0v) is 10.8. The summed E-state index contributed by atoms with van der Waals surface area (Å²) in [6.45, 7) is 0. The first-order chi connectivity index (χ1) is 9.10.